The highest BCUT2D eigenvalue weighted by Crippen LogP contribution is 2.38. The first-order valence-electron chi connectivity index (χ1n) is 10.5. The lowest BCUT2D eigenvalue weighted by atomic mass is 9.97. The molecule has 0 fully saturated rings. The van der Waals surface area contributed by atoms with Crippen molar-refractivity contribution in [2.75, 3.05) is 11.1 Å². The number of aryl methyl sites for hydroxylation is 2. The Kier molecular flexibility index (Phi) is 5.85. The highest BCUT2D eigenvalue weighted by Gasteiger charge is 2.27. The van der Waals surface area contributed by atoms with Gasteiger partial charge in [0, 0.05) is 29.5 Å². The van der Waals surface area contributed by atoms with E-state index in [1.54, 1.807) is 34.9 Å². The van der Waals surface area contributed by atoms with E-state index >= 15 is 0 Å². The van der Waals surface area contributed by atoms with Crippen molar-refractivity contribution in [1.29, 1.82) is 0 Å². The number of hydrogen-bond acceptors (Lipinski definition) is 6. The molecule has 9 heteroatoms. The Hall–Kier alpha value is -3.07. The maximum Gasteiger partial charge on any atom is 0.408 e. The number of ether oxygens (including phenoxy) is 1. The molecule has 1 aliphatic rings. The van der Waals surface area contributed by atoms with E-state index in [4.69, 9.17) is 4.74 Å². The molecule has 168 valence electrons. The molecule has 4 rings (SSSR count). The Balaban J connectivity index is 1.57. The average molecular weight is 454 g/mol. The summed E-state index contributed by atoms with van der Waals surface area (Å²) in [7, 11) is 1.81. The molecule has 0 unspecified atom stereocenters. The van der Waals surface area contributed by atoms with Gasteiger partial charge < -0.3 is 15.4 Å². The minimum atomic E-state index is -0.555. The van der Waals surface area contributed by atoms with E-state index in [1.807, 2.05) is 46.9 Å². The Labute approximate surface area is 191 Å². The van der Waals surface area contributed by atoms with Crippen LogP contribution in [0, 0.1) is 6.92 Å². The van der Waals surface area contributed by atoms with Crippen molar-refractivity contribution in [3.05, 3.63) is 47.3 Å². The van der Waals surface area contributed by atoms with Crippen molar-refractivity contribution in [2.45, 2.75) is 50.7 Å². The van der Waals surface area contributed by atoms with Gasteiger partial charge in [-0.2, -0.15) is 5.10 Å². The number of carbonyl (C=O) groups is 2. The molecule has 1 aliphatic heterocycles. The predicted octanol–water partition coefficient (Wildman–Crippen LogP) is 4.59. The lowest BCUT2D eigenvalue weighted by molar-refractivity contribution is 0.0501. The Bertz CT molecular complexity index is 1200. The number of aromatic nitrogens is 3. The van der Waals surface area contributed by atoms with E-state index in [2.05, 4.69) is 20.7 Å². The third-order valence-corrected chi connectivity index (χ3v) is 6.32. The molecule has 0 radical (unpaired) electrons. The van der Waals surface area contributed by atoms with E-state index < -0.39 is 11.7 Å². The van der Waals surface area contributed by atoms with Gasteiger partial charge in [-0.15, -0.1) is 11.8 Å². The van der Waals surface area contributed by atoms with Gasteiger partial charge in [-0.3, -0.25) is 9.48 Å². The zero-order valence-corrected chi connectivity index (χ0v) is 19.7. The van der Waals surface area contributed by atoms with Crippen LogP contribution in [0.25, 0.3) is 11.0 Å². The van der Waals surface area contributed by atoms with Crippen molar-refractivity contribution in [3.8, 4) is 0 Å². The largest absolute Gasteiger partial charge is 0.444 e. The molecule has 3 heterocycles. The van der Waals surface area contributed by atoms with Crippen LogP contribution in [0.15, 0.2) is 35.5 Å². The summed E-state index contributed by atoms with van der Waals surface area (Å²) in [6.07, 6.45) is 3.72. The van der Waals surface area contributed by atoms with Gasteiger partial charge in [-0.05, 0) is 57.4 Å². The summed E-state index contributed by atoms with van der Waals surface area (Å²) in [5.74, 6) is 0.655. The highest BCUT2D eigenvalue weighted by molar-refractivity contribution is 7.99. The van der Waals surface area contributed by atoms with Crippen molar-refractivity contribution < 1.29 is 14.3 Å². The van der Waals surface area contributed by atoms with E-state index in [1.165, 1.54) is 0 Å². The minimum Gasteiger partial charge on any atom is -0.444 e. The first-order valence-corrected chi connectivity index (χ1v) is 11.5. The second-order valence-corrected chi connectivity index (χ2v) is 10.00. The van der Waals surface area contributed by atoms with Gasteiger partial charge in [-0.1, -0.05) is 6.07 Å². The zero-order chi connectivity index (χ0) is 23.0. The molecule has 0 saturated heterocycles. The number of hydrogen-bond donors (Lipinski definition) is 2. The normalized spacial score (nSPS) is 15.8. The Morgan fingerprint density at radius 3 is 2.81 bits per heavy atom. The number of rotatable bonds is 3. The van der Waals surface area contributed by atoms with E-state index in [-0.39, 0.29) is 11.9 Å². The van der Waals surface area contributed by atoms with Crippen LogP contribution in [0.4, 0.5) is 10.5 Å². The molecule has 2 aromatic heterocycles. The van der Waals surface area contributed by atoms with Crippen LogP contribution in [0.1, 0.15) is 54.7 Å². The number of thioether (sulfide) groups is 1. The molecule has 2 N–H and O–H groups in total. The van der Waals surface area contributed by atoms with Gasteiger partial charge in [-0.25, -0.2) is 9.78 Å². The molecule has 0 spiro atoms. The van der Waals surface area contributed by atoms with Gasteiger partial charge in [0.1, 0.15) is 5.60 Å². The summed E-state index contributed by atoms with van der Waals surface area (Å²) in [6.45, 7) is 7.43. The van der Waals surface area contributed by atoms with E-state index in [0.717, 1.165) is 33.6 Å². The van der Waals surface area contributed by atoms with Crippen molar-refractivity contribution >= 4 is 40.5 Å². The Morgan fingerprint density at radius 2 is 2.06 bits per heavy atom. The van der Waals surface area contributed by atoms with Crippen LogP contribution in [-0.2, 0) is 11.8 Å². The molecule has 0 saturated carbocycles. The monoisotopic (exact) mass is 453 g/mol. The first-order chi connectivity index (χ1) is 15.1. The summed E-state index contributed by atoms with van der Waals surface area (Å²) in [5, 5.41) is 11.0. The molecule has 0 aliphatic carbocycles. The molecule has 1 atom stereocenters. The summed E-state index contributed by atoms with van der Waals surface area (Å²) in [5.41, 5.74) is 3.28. The summed E-state index contributed by atoms with van der Waals surface area (Å²) in [4.78, 5) is 30.7. The van der Waals surface area contributed by atoms with Crippen LogP contribution in [0.5, 0.6) is 0 Å². The maximum atomic E-state index is 13.1. The second kappa shape index (κ2) is 8.46. The lowest BCUT2D eigenvalue weighted by Crippen LogP contribution is -2.36. The molecule has 8 nitrogen and oxygen atoms in total. The first kappa shape index (κ1) is 22.1. The van der Waals surface area contributed by atoms with Gasteiger partial charge in [0.15, 0.2) is 5.65 Å². The SMILES string of the molecule is Cc1cc2c(cc1C(=O)Nc1ccnc3c1cnn3C)SCC[C@@H]2NC(=O)OC(C)(C)C. The molecule has 1 aromatic carbocycles. The molecular formula is C23H27N5O3S. The topological polar surface area (TPSA) is 98.1 Å². The number of carbonyl (C=O) groups excluding carboxylic acids is 2. The maximum absolute atomic E-state index is 13.1. The fourth-order valence-electron chi connectivity index (χ4n) is 3.74. The van der Waals surface area contributed by atoms with Crippen molar-refractivity contribution in [3.63, 3.8) is 0 Å². The van der Waals surface area contributed by atoms with Crippen molar-refractivity contribution in [1.82, 2.24) is 20.1 Å². The average Bonchev–Trinajstić information content (AvgIpc) is 3.08. The summed E-state index contributed by atoms with van der Waals surface area (Å²) in [6, 6.07) is 5.53. The van der Waals surface area contributed by atoms with Crippen molar-refractivity contribution in [2.24, 2.45) is 7.05 Å². The quantitative estimate of drug-likeness (QED) is 0.602. The lowest BCUT2D eigenvalue weighted by Gasteiger charge is -2.28. The highest BCUT2D eigenvalue weighted by atomic mass is 32.2. The number of benzene rings is 1. The third-order valence-electron chi connectivity index (χ3n) is 5.22. The van der Waals surface area contributed by atoms with Crippen LogP contribution < -0.4 is 10.6 Å². The number of nitrogens with zero attached hydrogens (tertiary/aromatic N) is 3. The second-order valence-electron chi connectivity index (χ2n) is 8.86. The predicted molar refractivity (Wildman–Crippen MR) is 125 cm³/mol. The molecule has 32 heavy (non-hydrogen) atoms. The van der Waals surface area contributed by atoms with Gasteiger partial charge >= 0.3 is 6.09 Å². The summed E-state index contributed by atoms with van der Waals surface area (Å²) >= 11 is 1.69. The Morgan fingerprint density at radius 1 is 1.28 bits per heavy atom. The standard InChI is InChI=1S/C23H27N5O3S/c1-13-10-15-18(27-22(30)31-23(2,3)4)7-9-32-19(15)11-14(13)21(29)26-17-6-8-24-20-16(17)12-25-28(20)5/h6,8,10-12,18H,7,9H2,1-5H3,(H,27,30)(H,24,26,29)/t18-/m0/s1. The third kappa shape index (κ3) is 4.57. The fraction of sp³-hybridized carbons (Fsp3) is 0.391. The van der Waals surface area contributed by atoms with Crippen LogP contribution >= 0.6 is 11.8 Å². The molecule has 3 aromatic rings. The molecule has 0 bridgehead atoms. The molecule has 2 amide bonds. The van der Waals surface area contributed by atoms with Crippen LogP contribution in [0.2, 0.25) is 0 Å². The van der Waals surface area contributed by atoms with Crippen LogP contribution in [0.3, 0.4) is 0 Å². The summed E-state index contributed by atoms with van der Waals surface area (Å²) < 4.78 is 7.09. The van der Waals surface area contributed by atoms with Gasteiger partial charge in [0.05, 0.1) is 23.3 Å². The van der Waals surface area contributed by atoms with Gasteiger partial charge in [0.25, 0.3) is 5.91 Å². The number of amides is 2. The van der Waals surface area contributed by atoms with Gasteiger partial charge in [0.2, 0.25) is 0 Å². The number of nitrogens with one attached hydrogen (secondary N) is 2. The number of alkyl carbamates (subject to hydrolysis) is 1. The smallest absolute Gasteiger partial charge is 0.408 e. The number of fused-ring (bicyclic) bond motifs is 2. The zero-order valence-electron chi connectivity index (χ0n) is 18.9. The number of anilines is 1. The molecular weight excluding hydrogens is 426 g/mol. The fourth-order valence-corrected chi connectivity index (χ4v) is 4.88. The van der Waals surface area contributed by atoms with E-state index in [0.29, 0.717) is 16.9 Å². The number of pyridine rings is 1. The van der Waals surface area contributed by atoms with Crippen LogP contribution in [-0.4, -0.2) is 38.1 Å². The minimum absolute atomic E-state index is 0.146. The van der Waals surface area contributed by atoms with E-state index in [9.17, 15) is 9.59 Å².